The third-order valence-electron chi connectivity index (χ3n) is 3.74. The van der Waals surface area contributed by atoms with E-state index in [2.05, 4.69) is 30.7 Å². The quantitative estimate of drug-likeness (QED) is 0.538. The molecular formula is C14H16. The minimum atomic E-state index is 0.800. The third-order valence-corrected chi connectivity index (χ3v) is 3.74. The smallest absolute Gasteiger partial charge is 0.0123 e. The fourth-order valence-corrected chi connectivity index (χ4v) is 3.03. The van der Waals surface area contributed by atoms with Crippen molar-refractivity contribution in [1.82, 2.24) is 0 Å². The van der Waals surface area contributed by atoms with E-state index in [1.807, 2.05) is 0 Å². The number of rotatable bonds is 0. The molecule has 3 rings (SSSR count). The van der Waals surface area contributed by atoms with Crippen molar-refractivity contribution in [2.75, 3.05) is 0 Å². The minimum Gasteiger partial charge on any atom is -0.0842 e. The molecule has 2 atom stereocenters. The van der Waals surface area contributed by atoms with Crippen molar-refractivity contribution in [2.24, 2.45) is 11.8 Å². The first-order valence-corrected chi connectivity index (χ1v) is 5.77. The number of allylic oxidation sites excluding steroid dienone is 6. The molecule has 0 saturated heterocycles. The highest BCUT2D eigenvalue weighted by atomic mass is 14.4. The van der Waals surface area contributed by atoms with E-state index in [1.165, 1.54) is 37.7 Å². The van der Waals surface area contributed by atoms with Gasteiger partial charge in [-0.15, -0.1) is 0 Å². The normalized spacial score (nSPS) is 35.4. The van der Waals surface area contributed by atoms with Gasteiger partial charge in [-0.1, -0.05) is 36.3 Å². The van der Waals surface area contributed by atoms with Crippen molar-refractivity contribution in [3.63, 3.8) is 0 Å². The van der Waals surface area contributed by atoms with E-state index in [-0.39, 0.29) is 0 Å². The molecule has 1 saturated carbocycles. The molecule has 1 fully saturated rings. The summed E-state index contributed by atoms with van der Waals surface area (Å²) >= 11 is 0. The van der Waals surface area contributed by atoms with Crippen molar-refractivity contribution in [3.05, 3.63) is 41.9 Å². The highest BCUT2D eigenvalue weighted by molar-refractivity contribution is 5.40. The lowest BCUT2D eigenvalue weighted by Crippen LogP contribution is -2.25. The van der Waals surface area contributed by atoms with Crippen molar-refractivity contribution < 1.29 is 0 Å². The van der Waals surface area contributed by atoms with Crippen LogP contribution in [0.3, 0.4) is 0 Å². The summed E-state index contributed by atoms with van der Waals surface area (Å²) in [4.78, 5) is 0. The third kappa shape index (κ3) is 1.28. The van der Waals surface area contributed by atoms with Crippen LogP contribution in [0.1, 0.15) is 32.1 Å². The zero-order valence-electron chi connectivity index (χ0n) is 8.50. The van der Waals surface area contributed by atoms with Crippen LogP contribution in [-0.4, -0.2) is 0 Å². The van der Waals surface area contributed by atoms with Gasteiger partial charge in [0.1, 0.15) is 0 Å². The van der Waals surface area contributed by atoms with E-state index < -0.39 is 0 Å². The van der Waals surface area contributed by atoms with Gasteiger partial charge in [0.05, 0.1) is 0 Å². The summed E-state index contributed by atoms with van der Waals surface area (Å²) in [5, 5.41) is 0. The molecule has 0 aromatic carbocycles. The Morgan fingerprint density at radius 1 is 1.14 bits per heavy atom. The van der Waals surface area contributed by atoms with E-state index in [4.69, 9.17) is 0 Å². The lowest BCUT2D eigenvalue weighted by molar-refractivity contribution is 0.355. The Labute approximate surface area is 86.4 Å². The lowest BCUT2D eigenvalue weighted by Gasteiger charge is -2.37. The summed E-state index contributed by atoms with van der Waals surface area (Å²) in [7, 11) is 0. The van der Waals surface area contributed by atoms with Gasteiger partial charge in [-0.25, -0.2) is 0 Å². The predicted molar refractivity (Wildman–Crippen MR) is 58.6 cm³/mol. The van der Waals surface area contributed by atoms with Gasteiger partial charge >= 0.3 is 0 Å². The van der Waals surface area contributed by atoms with Crippen LogP contribution in [-0.2, 0) is 0 Å². The fourth-order valence-electron chi connectivity index (χ4n) is 3.03. The summed E-state index contributed by atoms with van der Waals surface area (Å²) in [5.74, 6) is 1.61. The molecule has 0 spiro atoms. The topological polar surface area (TPSA) is 0 Å². The Bertz CT molecular complexity index is 317. The molecule has 0 heterocycles. The summed E-state index contributed by atoms with van der Waals surface area (Å²) in [6.45, 7) is 0. The molecule has 72 valence electrons. The second-order valence-electron chi connectivity index (χ2n) is 4.55. The molecule has 0 aromatic rings. The van der Waals surface area contributed by atoms with Crippen molar-refractivity contribution in [3.8, 4) is 0 Å². The summed E-state index contributed by atoms with van der Waals surface area (Å²) < 4.78 is 0. The molecule has 0 aliphatic heterocycles. The van der Waals surface area contributed by atoms with E-state index in [1.54, 1.807) is 5.57 Å². The number of hydrogen-bond acceptors (Lipinski definition) is 0. The van der Waals surface area contributed by atoms with Gasteiger partial charge in [0, 0.05) is 6.42 Å². The van der Waals surface area contributed by atoms with Crippen LogP contribution in [0.2, 0.25) is 0 Å². The number of fused-ring (bicyclic) bond motifs is 3. The Morgan fingerprint density at radius 3 is 3.14 bits per heavy atom. The van der Waals surface area contributed by atoms with Gasteiger partial charge in [0.15, 0.2) is 0 Å². The Hall–Kier alpha value is -0.780. The van der Waals surface area contributed by atoms with Crippen LogP contribution in [0.15, 0.2) is 35.5 Å². The summed E-state index contributed by atoms with van der Waals surface area (Å²) in [6.07, 6.45) is 19.3. The van der Waals surface area contributed by atoms with Crippen LogP contribution in [0.5, 0.6) is 0 Å². The first-order chi connectivity index (χ1) is 6.95. The highest BCUT2D eigenvalue weighted by Crippen LogP contribution is 2.44. The van der Waals surface area contributed by atoms with Crippen LogP contribution in [0.25, 0.3) is 0 Å². The molecule has 14 heavy (non-hydrogen) atoms. The first-order valence-electron chi connectivity index (χ1n) is 5.77. The van der Waals surface area contributed by atoms with Gasteiger partial charge in [0.2, 0.25) is 0 Å². The molecule has 2 unspecified atom stereocenters. The molecule has 0 bridgehead atoms. The minimum absolute atomic E-state index is 0.800. The molecular weight excluding hydrogens is 168 g/mol. The van der Waals surface area contributed by atoms with Crippen molar-refractivity contribution in [2.45, 2.75) is 32.1 Å². The maximum Gasteiger partial charge on any atom is 0.0123 e. The molecule has 0 N–H and O–H groups in total. The highest BCUT2D eigenvalue weighted by Gasteiger charge is 2.31. The molecule has 0 aromatic heterocycles. The average molecular weight is 184 g/mol. The predicted octanol–water partition coefficient (Wildman–Crippen LogP) is 3.70. The van der Waals surface area contributed by atoms with E-state index in [9.17, 15) is 0 Å². The first kappa shape index (κ1) is 8.52. The Balaban J connectivity index is 1.95. The molecule has 2 radical (unpaired) electrons. The zero-order valence-corrected chi connectivity index (χ0v) is 8.50. The summed E-state index contributed by atoms with van der Waals surface area (Å²) in [6, 6.07) is 0. The van der Waals surface area contributed by atoms with Gasteiger partial charge < -0.3 is 0 Å². The van der Waals surface area contributed by atoms with Crippen LogP contribution in [0, 0.1) is 18.3 Å². The van der Waals surface area contributed by atoms with Gasteiger partial charge in [0.25, 0.3) is 0 Å². The zero-order chi connectivity index (χ0) is 9.38. The second-order valence-corrected chi connectivity index (χ2v) is 4.55. The molecule has 3 aliphatic rings. The second kappa shape index (κ2) is 3.42. The Kier molecular flexibility index (Phi) is 2.08. The maximum absolute atomic E-state index is 3.55. The van der Waals surface area contributed by atoms with Crippen molar-refractivity contribution >= 4 is 0 Å². The average Bonchev–Trinajstić information content (AvgIpc) is 2.29. The van der Waals surface area contributed by atoms with E-state index >= 15 is 0 Å². The van der Waals surface area contributed by atoms with Gasteiger partial charge in [-0.05, 0) is 43.1 Å². The van der Waals surface area contributed by atoms with Crippen molar-refractivity contribution in [1.29, 1.82) is 0 Å². The fraction of sp³-hybridized carbons (Fsp3) is 0.500. The summed E-state index contributed by atoms with van der Waals surface area (Å²) in [5.41, 5.74) is 3.06. The molecule has 3 aliphatic carbocycles. The SMILES string of the molecule is [C]1CCCC2C1=CC=C1C=CCCC12. The molecule has 0 nitrogen and oxygen atoms in total. The molecule has 0 amide bonds. The standard InChI is InChI=1S/C14H16/c1-3-7-13-11(5-1)9-10-12-6-2-4-8-14(12)13/h1,5,9-10,13-14H,2-4,7-8H2. The Morgan fingerprint density at radius 2 is 2.14 bits per heavy atom. The largest absolute Gasteiger partial charge is 0.0842 e. The van der Waals surface area contributed by atoms with E-state index in [0.717, 1.165) is 11.8 Å². The van der Waals surface area contributed by atoms with E-state index in [0.29, 0.717) is 0 Å². The van der Waals surface area contributed by atoms with Gasteiger partial charge in [-0.2, -0.15) is 0 Å². The number of hydrogen-bond donors (Lipinski definition) is 0. The molecule has 0 heteroatoms. The monoisotopic (exact) mass is 184 g/mol. The maximum atomic E-state index is 3.55. The lowest BCUT2D eigenvalue weighted by atomic mass is 9.68. The van der Waals surface area contributed by atoms with Crippen LogP contribution < -0.4 is 0 Å². The van der Waals surface area contributed by atoms with Crippen LogP contribution >= 0.6 is 0 Å². The van der Waals surface area contributed by atoms with Gasteiger partial charge in [-0.3, -0.25) is 0 Å². The van der Waals surface area contributed by atoms with Crippen LogP contribution in [0.4, 0.5) is 0 Å².